The monoisotopic (exact) mass is 259 g/mol. The zero-order valence-corrected chi connectivity index (χ0v) is 10.7. The van der Waals surface area contributed by atoms with Crippen LogP contribution in [0.25, 0.3) is 0 Å². The van der Waals surface area contributed by atoms with Gasteiger partial charge in [0.1, 0.15) is 6.61 Å². The summed E-state index contributed by atoms with van der Waals surface area (Å²) in [4.78, 5) is 15.2. The van der Waals surface area contributed by atoms with E-state index in [0.29, 0.717) is 18.7 Å². The van der Waals surface area contributed by atoms with Gasteiger partial charge < -0.3 is 10.0 Å². The second-order valence-electron chi connectivity index (χ2n) is 4.58. The summed E-state index contributed by atoms with van der Waals surface area (Å²) in [7, 11) is 0. The minimum absolute atomic E-state index is 0.211. The van der Waals surface area contributed by atoms with Crippen molar-refractivity contribution in [2.75, 3.05) is 32.8 Å². The van der Waals surface area contributed by atoms with Crippen molar-refractivity contribution in [3.05, 3.63) is 35.4 Å². The number of aliphatic hydroxyl groups excluding tert-OH is 1. The van der Waals surface area contributed by atoms with Crippen LogP contribution < -0.4 is 0 Å². The molecule has 1 aromatic rings. The molecule has 0 spiro atoms. The highest BCUT2D eigenvalue weighted by atomic mass is 16.3. The minimum atomic E-state index is -0.419. The van der Waals surface area contributed by atoms with E-state index in [4.69, 9.17) is 10.4 Å². The standard InChI is InChI=1S/C14H17N3O2/c15-9-12-3-1-2-4-13(12)10-16-5-7-17(8-6-16)14(19)11-18/h1-4,18H,5-8,10-11H2. The van der Waals surface area contributed by atoms with Crippen molar-refractivity contribution in [2.45, 2.75) is 6.54 Å². The summed E-state index contributed by atoms with van der Waals surface area (Å²) in [6.07, 6.45) is 0. The van der Waals surface area contributed by atoms with Crippen LogP contribution in [0.15, 0.2) is 24.3 Å². The molecule has 1 aliphatic heterocycles. The first kappa shape index (κ1) is 13.5. The van der Waals surface area contributed by atoms with Gasteiger partial charge in [0, 0.05) is 32.7 Å². The molecule has 0 unspecified atom stereocenters. The number of aliphatic hydroxyl groups is 1. The maximum Gasteiger partial charge on any atom is 0.248 e. The molecule has 100 valence electrons. The van der Waals surface area contributed by atoms with Crippen LogP contribution in [-0.2, 0) is 11.3 Å². The van der Waals surface area contributed by atoms with Gasteiger partial charge in [-0.2, -0.15) is 5.26 Å². The van der Waals surface area contributed by atoms with Gasteiger partial charge >= 0.3 is 0 Å². The lowest BCUT2D eigenvalue weighted by Gasteiger charge is -2.34. The second kappa shape index (κ2) is 6.32. The van der Waals surface area contributed by atoms with Gasteiger partial charge in [-0.1, -0.05) is 18.2 Å². The SMILES string of the molecule is N#Cc1ccccc1CN1CCN(C(=O)CO)CC1. The highest BCUT2D eigenvalue weighted by Gasteiger charge is 2.20. The largest absolute Gasteiger partial charge is 0.387 e. The van der Waals surface area contributed by atoms with Crippen LogP contribution in [0.5, 0.6) is 0 Å². The third kappa shape index (κ3) is 3.31. The minimum Gasteiger partial charge on any atom is -0.387 e. The summed E-state index contributed by atoms with van der Waals surface area (Å²) in [6, 6.07) is 9.77. The molecule has 1 aromatic carbocycles. The van der Waals surface area contributed by atoms with Gasteiger partial charge in [0.15, 0.2) is 0 Å². The lowest BCUT2D eigenvalue weighted by molar-refractivity contribution is -0.135. The van der Waals surface area contributed by atoms with Crippen LogP contribution >= 0.6 is 0 Å². The van der Waals surface area contributed by atoms with Gasteiger partial charge in [-0.3, -0.25) is 9.69 Å². The number of nitrogens with zero attached hydrogens (tertiary/aromatic N) is 3. The molecule has 0 atom stereocenters. The van der Waals surface area contributed by atoms with Gasteiger partial charge in [-0.25, -0.2) is 0 Å². The molecule has 0 aromatic heterocycles. The van der Waals surface area contributed by atoms with E-state index in [2.05, 4.69) is 11.0 Å². The average molecular weight is 259 g/mol. The normalized spacial score (nSPS) is 16.1. The fourth-order valence-electron chi connectivity index (χ4n) is 2.26. The Kier molecular flexibility index (Phi) is 4.50. The number of rotatable bonds is 3. The third-order valence-electron chi connectivity index (χ3n) is 3.39. The number of nitriles is 1. The zero-order valence-electron chi connectivity index (χ0n) is 10.7. The van der Waals surface area contributed by atoms with Gasteiger partial charge in [0.2, 0.25) is 5.91 Å². The molecule has 0 aliphatic carbocycles. The Morgan fingerprint density at radius 3 is 2.58 bits per heavy atom. The van der Waals surface area contributed by atoms with E-state index in [-0.39, 0.29) is 5.91 Å². The summed E-state index contributed by atoms with van der Waals surface area (Å²) in [5.41, 5.74) is 1.73. The van der Waals surface area contributed by atoms with Crippen LogP contribution in [0.2, 0.25) is 0 Å². The molecule has 1 heterocycles. The predicted octanol–water partition coefficient (Wildman–Crippen LogP) is 0.195. The highest BCUT2D eigenvalue weighted by molar-refractivity contribution is 5.77. The highest BCUT2D eigenvalue weighted by Crippen LogP contribution is 2.12. The first-order chi connectivity index (χ1) is 9.24. The molecule has 1 N–H and O–H groups in total. The number of hydrogen-bond donors (Lipinski definition) is 1. The number of piperazine rings is 1. The van der Waals surface area contributed by atoms with E-state index in [0.717, 1.165) is 25.2 Å². The van der Waals surface area contributed by atoms with Crippen LogP contribution in [0.3, 0.4) is 0 Å². The van der Waals surface area contributed by atoms with Crippen LogP contribution in [0.1, 0.15) is 11.1 Å². The topological polar surface area (TPSA) is 67.6 Å². The molecule has 0 radical (unpaired) electrons. The van der Waals surface area contributed by atoms with Crippen molar-refractivity contribution in [1.82, 2.24) is 9.80 Å². The van der Waals surface area contributed by atoms with Crippen LogP contribution in [-0.4, -0.2) is 53.6 Å². The molecule has 1 saturated heterocycles. The lowest BCUT2D eigenvalue weighted by Crippen LogP contribution is -2.49. The van der Waals surface area contributed by atoms with E-state index in [1.807, 2.05) is 24.3 Å². The molecule has 0 saturated carbocycles. The van der Waals surface area contributed by atoms with Crippen molar-refractivity contribution >= 4 is 5.91 Å². The summed E-state index contributed by atoms with van der Waals surface area (Å²) in [6.45, 7) is 3.11. The Labute approximate surface area is 112 Å². The quantitative estimate of drug-likeness (QED) is 0.841. The van der Waals surface area contributed by atoms with Gasteiger partial charge in [0.05, 0.1) is 11.6 Å². The van der Waals surface area contributed by atoms with E-state index >= 15 is 0 Å². The molecule has 5 nitrogen and oxygen atoms in total. The molecule has 1 fully saturated rings. The maximum atomic E-state index is 11.3. The van der Waals surface area contributed by atoms with Gasteiger partial charge in [0.25, 0.3) is 0 Å². The van der Waals surface area contributed by atoms with Gasteiger partial charge in [-0.15, -0.1) is 0 Å². The Morgan fingerprint density at radius 2 is 1.95 bits per heavy atom. The lowest BCUT2D eigenvalue weighted by atomic mass is 10.1. The molecule has 1 aliphatic rings. The Morgan fingerprint density at radius 1 is 1.26 bits per heavy atom. The molecule has 0 bridgehead atoms. The number of carbonyl (C=O) groups is 1. The number of benzene rings is 1. The average Bonchev–Trinajstić information content (AvgIpc) is 2.48. The predicted molar refractivity (Wildman–Crippen MR) is 70.1 cm³/mol. The fourth-order valence-corrected chi connectivity index (χ4v) is 2.26. The van der Waals surface area contributed by atoms with Crippen molar-refractivity contribution in [1.29, 1.82) is 5.26 Å². The summed E-state index contributed by atoms with van der Waals surface area (Å²) in [5.74, 6) is -0.211. The molecular weight excluding hydrogens is 242 g/mol. The fraction of sp³-hybridized carbons (Fsp3) is 0.429. The molecule has 2 rings (SSSR count). The Balaban J connectivity index is 1.93. The van der Waals surface area contributed by atoms with E-state index in [1.165, 1.54) is 0 Å². The molecule has 1 amide bonds. The smallest absolute Gasteiger partial charge is 0.248 e. The number of carbonyl (C=O) groups excluding carboxylic acids is 1. The van der Waals surface area contributed by atoms with Crippen molar-refractivity contribution in [2.24, 2.45) is 0 Å². The number of amides is 1. The van der Waals surface area contributed by atoms with Crippen molar-refractivity contribution in [3.63, 3.8) is 0 Å². The van der Waals surface area contributed by atoms with Gasteiger partial charge in [-0.05, 0) is 11.6 Å². The first-order valence-electron chi connectivity index (χ1n) is 6.33. The van der Waals surface area contributed by atoms with E-state index < -0.39 is 6.61 Å². The van der Waals surface area contributed by atoms with E-state index in [9.17, 15) is 4.79 Å². The molecule has 5 heteroatoms. The first-order valence-corrected chi connectivity index (χ1v) is 6.33. The third-order valence-corrected chi connectivity index (χ3v) is 3.39. The Bertz CT molecular complexity index is 488. The zero-order chi connectivity index (χ0) is 13.7. The van der Waals surface area contributed by atoms with Crippen molar-refractivity contribution in [3.8, 4) is 6.07 Å². The van der Waals surface area contributed by atoms with E-state index in [1.54, 1.807) is 4.90 Å². The second-order valence-corrected chi connectivity index (χ2v) is 4.58. The van der Waals surface area contributed by atoms with Crippen LogP contribution in [0.4, 0.5) is 0 Å². The molecular formula is C14H17N3O2. The maximum absolute atomic E-state index is 11.3. The van der Waals surface area contributed by atoms with Crippen molar-refractivity contribution < 1.29 is 9.90 Å². The van der Waals surface area contributed by atoms with Crippen LogP contribution in [0, 0.1) is 11.3 Å². The summed E-state index contributed by atoms with van der Waals surface area (Å²) < 4.78 is 0. The summed E-state index contributed by atoms with van der Waals surface area (Å²) in [5, 5.41) is 17.9. The summed E-state index contributed by atoms with van der Waals surface area (Å²) >= 11 is 0. The number of hydrogen-bond acceptors (Lipinski definition) is 4. The Hall–Kier alpha value is -1.90. The molecule has 19 heavy (non-hydrogen) atoms.